The number of hydrogen-bond acceptors (Lipinski definition) is 4. The molecule has 0 saturated carbocycles. The highest BCUT2D eigenvalue weighted by molar-refractivity contribution is 6.00. The number of carbonyl (C=O) groups excluding carboxylic acids is 1. The van der Waals surface area contributed by atoms with E-state index in [0.717, 1.165) is 42.8 Å². The van der Waals surface area contributed by atoms with Gasteiger partial charge in [0.05, 0.1) is 16.9 Å². The number of primary amides is 1. The van der Waals surface area contributed by atoms with Crippen molar-refractivity contribution < 1.29 is 4.79 Å². The fourth-order valence-corrected chi connectivity index (χ4v) is 4.65. The van der Waals surface area contributed by atoms with Crippen molar-refractivity contribution in [3.63, 3.8) is 0 Å². The number of nitrogens with two attached hydrogens (primary N) is 1. The largest absolute Gasteiger partial charge is 0.381 e. The number of aromatic nitrogens is 1. The van der Waals surface area contributed by atoms with Crippen LogP contribution < -0.4 is 11.1 Å². The van der Waals surface area contributed by atoms with E-state index in [1.807, 2.05) is 0 Å². The summed E-state index contributed by atoms with van der Waals surface area (Å²) in [6.45, 7) is 3.40. The van der Waals surface area contributed by atoms with Gasteiger partial charge in [0.1, 0.15) is 0 Å². The maximum atomic E-state index is 11.8. The predicted octanol–water partition coefficient (Wildman–Crippen LogP) is 2.18. The van der Waals surface area contributed by atoms with Crippen LogP contribution in [0.2, 0.25) is 0 Å². The molecule has 1 aromatic rings. The van der Waals surface area contributed by atoms with E-state index in [0.29, 0.717) is 23.7 Å². The Bertz CT molecular complexity index is 655. The Kier molecular flexibility index (Phi) is 3.60. The Morgan fingerprint density at radius 3 is 2.78 bits per heavy atom. The smallest absolute Gasteiger partial charge is 0.252 e. The first kappa shape index (κ1) is 14.7. The fourth-order valence-electron chi connectivity index (χ4n) is 4.65. The summed E-state index contributed by atoms with van der Waals surface area (Å²) in [6.07, 6.45) is 11.5. The third-order valence-electron chi connectivity index (χ3n) is 5.66. The lowest BCUT2D eigenvalue weighted by atomic mass is 9.96. The lowest BCUT2D eigenvalue weighted by molar-refractivity contribution is 0.100. The highest BCUT2D eigenvalue weighted by Gasteiger charge is 2.40. The number of pyridine rings is 1. The maximum Gasteiger partial charge on any atom is 0.252 e. The van der Waals surface area contributed by atoms with Crippen molar-refractivity contribution >= 4 is 17.7 Å². The average molecular weight is 312 g/mol. The summed E-state index contributed by atoms with van der Waals surface area (Å²) in [4.78, 5) is 18.8. The Morgan fingerprint density at radius 1 is 1.39 bits per heavy atom. The van der Waals surface area contributed by atoms with Gasteiger partial charge in [0.25, 0.3) is 5.91 Å². The molecule has 3 atom stereocenters. The van der Waals surface area contributed by atoms with E-state index >= 15 is 0 Å². The Hall–Kier alpha value is -1.88. The Morgan fingerprint density at radius 2 is 2.13 bits per heavy atom. The monoisotopic (exact) mass is 312 g/mol. The molecule has 122 valence electrons. The van der Waals surface area contributed by atoms with E-state index in [1.54, 1.807) is 6.20 Å². The van der Waals surface area contributed by atoms with Crippen LogP contribution in [0, 0.1) is 0 Å². The summed E-state index contributed by atoms with van der Waals surface area (Å²) in [5.74, 6) is -0.405. The lowest BCUT2D eigenvalue weighted by Gasteiger charge is -2.39. The van der Waals surface area contributed by atoms with Crippen LogP contribution in [0.5, 0.6) is 0 Å². The van der Waals surface area contributed by atoms with Crippen LogP contribution in [0.1, 0.15) is 54.2 Å². The van der Waals surface area contributed by atoms with Crippen molar-refractivity contribution in [3.05, 3.63) is 29.1 Å². The third-order valence-corrected chi connectivity index (χ3v) is 5.66. The highest BCUT2D eigenvalue weighted by Crippen LogP contribution is 2.38. The van der Waals surface area contributed by atoms with Crippen LogP contribution >= 0.6 is 0 Å². The predicted molar refractivity (Wildman–Crippen MR) is 91.3 cm³/mol. The second-order valence-corrected chi connectivity index (χ2v) is 6.91. The molecule has 1 aromatic heterocycles. The summed E-state index contributed by atoms with van der Waals surface area (Å²) in [7, 11) is 0. The number of nitrogens with zero attached hydrogens (tertiary/aromatic N) is 2. The van der Waals surface area contributed by atoms with E-state index in [1.165, 1.54) is 12.8 Å². The first-order valence-electron chi connectivity index (χ1n) is 8.67. The number of piperidine rings is 1. The van der Waals surface area contributed by atoms with E-state index in [2.05, 4.69) is 34.3 Å². The van der Waals surface area contributed by atoms with Gasteiger partial charge in [0, 0.05) is 36.3 Å². The molecule has 0 aromatic carbocycles. The summed E-state index contributed by atoms with van der Waals surface area (Å²) in [6, 6.07) is 1.77. The van der Waals surface area contributed by atoms with Crippen molar-refractivity contribution in [1.82, 2.24) is 9.88 Å². The molecule has 3 heterocycles. The number of fused-ring (bicyclic) bond motifs is 3. The van der Waals surface area contributed by atoms with E-state index in [4.69, 9.17) is 5.73 Å². The standard InChI is InChI=1S/C18H24N4O/c1-2-22-12-6-7-13(22)9-11(8-12)21-17-14-4-3-5-16(14)20-10-15(17)18(19)23/h3-4,10-13H,2,5-9H2,1H3,(H2,19,23)(H,20,21)/t11?,12-,13+. The van der Waals surface area contributed by atoms with E-state index in [-0.39, 0.29) is 0 Å². The molecule has 1 unspecified atom stereocenters. The Labute approximate surface area is 136 Å². The second kappa shape index (κ2) is 5.64. The van der Waals surface area contributed by atoms with Gasteiger partial charge in [-0.15, -0.1) is 0 Å². The maximum absolute atomic E-state index is 11.8. The number of rotatable bonds is 4. The molecule has 3 N–H and O–H groups in total. The van der Waals surface area contributed by atoms with Gasteiger partial charge in [-0.1, -0.05) is 19.1 Å². The SMILES string of the molecule is CCN1[C@@H]2CC[C@H]1CC(Nc1c(C(N)=O)cnc3c1C=CC3)C2. The van der Waals surface area contributed by atoms with Crippen LogP contribution in [-0.4, -0.2) is 40.5 Å². The van der Waals surface area contributed by atoms with Crippen molar-refractivity contribution in [2.45, 2.75) is 57.2 Å². The molecule has 2 fully saturated rings. The van der Waals surface area contributed by atoms with Gasteiger partial charge in [-0.2, -0.15) is 0 Å². The fraction of sp³-hybridized carbons (Fsp3) is 0.556. The molecule has 4 rings (SSSR count). The zero-order valence-electron chi connectivity index (χ0n) is 13.6. The summed E-state index contributed by atoms with van der Waals surface area (Å²) >= 11 is 0. The average Bonchev–Trinajstić information content (AvgIpc) is 3.10. The van der Waals surface area contributed by atoms with Gasteiger partial charge < -0.3 is 11.1 Å². The molecule has 5 nitrogen and oxygen atoms in total. The van der Waals surface area contributed by atoms with Gasteiger partial charge in [-0.05, 0) is 32.2 Å². The zero-order valence-corrected chi connectivity index (χ0v) is 13.6. The van der Waals surface area contributed by atoms with Crippen molar-refractivity contribution in [2.24, 2.45) is 5.73 Å². The highest BCUT2D eigenvalue weighted by atomic mass is 16.1. The van der Waals surface area contributed by atoms with Crippen LogP contribution in [-0.2, 0) is 6.42 Å². The molecule has 0 radical (unpaired) electrons. The minimum absolute atomic E-state index is 0.405. The van der Waals surface area contributed by atoms with Gasteiger partial charge in [-0.25, -0.2) is 0 Å². The molecule has 0 spiro atoms. The van der Waals surface area contributed by atoms with E-state index < -0.39 is 5.91 Å². The number of hydrogen-bond donors (Lipinski definition) is 2. The topological polar surface area (TPSA) is 71.2 Å². The number of anilines is 1. The number of allylic oxidation sites excluding steroid dienone is 1. The lowest BCUT2D eigenvalue weighted by Crippen LogP contribution is -2.46. The molecule has 1 aliphatic carbocycles. The molecule has 5 heteroatoms. The van der Waals surface area contributed by atoms with Gasteiger partial charge >= 0.3 is 0 Å². The van der Waals surface area contributed by atoms with Gasteiger partial charge in [-0.3, -0.25) is 14.7 Å². The third kappa shape index (κ3) is 2.43. The minimum atomic E-state index is -0.405. The van der Waals surface area contributed by atoms with Gasteiger partial charge in [0.2, 0.25) is 0 Å². The van der Waals surface area contributed by atoms with Crippen molar-refractivity contribution in [1.29, 1.82) is 0 Å². The zero-order chi connectivity index (χ0) is 16.0. The summed E-state index contributed by atoms with van der Waals surface area (Å²) < 4.78 is 0. The molecule has 2 saturated heterocycles. The first-order chi connectivity index (χ1) is 11.2. The normalized spacial score (nSPS) is 28.8. The molecule has 3 aliphatic rings. The molecule has 2 aliphatic heterocycles. The van der Waals surface area contributed by atoms with Gasteiger partial charge in [0.15, 0.2) is 0 Å². The van der Waals surface area contributed by atoms with E-state index in [9.17, 15) is 4.79 Å². The van der Waals surface area contributed by atoms with Crippen LogP contribution in [0.3, 0.4) is 0 Å². The summed E-state index contributed by atoms with van der Waals surface area (Å²) in [5, 5.41) is 3.66. The first-order valence-corrected chi connectivity index (χ1v) is 8.67. The van der Waals surface area contributed by atoms with Crippen LogP contribution in [0.25, 0.3) is 6.08 Å². The van der Waals surface area contributed by atoms with Crippen LogP contribution in [0.4, 0.5) is 5.69 Å². The quantitative estimate of drug-likeness (QED) is 0.894. The molecular formula is C18H24N4O. The Balaban J connectivity index is 1.61. The molecule has 2 bridgehead atoms. The van der Waals surface area contributed by atoms with Crippen molar-refractivity contribution in [2.75, 3.05) is 11.9 Å². The molecule has 1 amide bonds. The summed E-state index contributed by atoms with van der Waals surface area (Å²) in [5.41, 5.74) is 9.06. The number of nitrogens with one attached hydrogen (secondary N) is 1. The van der Waals surface area contributed by atoms with Crippen LogP contribution in [0.15, 0.2) is 12.3 Å². The molecule has 23 heavy (non-hydrogen) atoms. The van der Waals surface area contributed by atoms with Crippen molar-refractivity contribution in [3.8, 4) is 0 Å². The number of carbonyl (C=O) groups is 1. The second-order valence-electron chi connectivity index (χ2n) is 6.91. The minimum Gasteiger partial charge on any atom is -0.381 e. The molecular weight excluding hydrogens is 288 g/mol. The number of amides is 1.